The van der Waals surface area contributed by atoms with Crippen molar-refractivity contribution in [1.29, 1.82) is 0 Å². The minimum atomic E-state index is -0.634. The third-order valence-electron chi connectivity index (χ3n) is 2.83. The molecule has 0 amide bonds. The summed E-state index contributed by atoms with van der Waals surface area (Å²) in [6, 6.07) is 13.2. The van der Waals surface area contributed by atoms with Crippen LogP contribution in [0.2, 0.25) is 0 Å². The fourth-order valence-electron chi connectivity index (χ4n) is 1.84. The fraction of sp³-hybridized carbons (Fsp3) is 0.118. The lowest BCUT2D eigenvalue weighted by Crippen LogP contribution is -2.10. The molecule has 108 valence electrons. The van der Waals surface area contributed by atoms with E-state index in [1.807, 2.05) is 6.92 Å². The van der Waals surface area contributed by atoms with Gasteiger partial charge in [-0.25, -0.2) is 4.79 Å². The zero-order chi connectivity index (χ0) is 15.2. The zero-order valence-corrected chi connectivity index (χ0v) is 11.7. The minimum absolute atomic E-state index is 0.106. The molecule has 0 unspecified atom stereocenters. The van der Waals surface area contributed by atoms with Crippen molar-refractivity contribution < 1.29 is 19.4 Å². The van der Waals surface area contributed by atoms with E-state index in [1.165, 1.54) is 12.1 Å². The van der Waals surface area contributed by atoms with Gasteiger partial charge in [0.15, 0.2) is 0 Å². The maximum absolute atomic E-state index is 12.1. The molecule has 0 radical (unpaired) electrons. The summed E-state index contributed by atoms with van der Waals surface area (Å²) < 4.78 is 10.7. The van der Waals surface area contributed by atoms with E-state index in [0.717, 1.165) is 0 Å². The van der Waals surface area contributed by atoms with Crippen LogP contribution in [0.4, 0.5) is 0 Å². The van der Waals surface area contributed by atoms with Crippen LogP contribution in [0.3, 0.4) is 0 Å². The number of aromatic hydroxyl groups is 1. The minimum Gasteiger partial charge on any atom is -0.507 e. The van der Waals surface area contributed by atoms with Gasteiger partial charge in [-0.2, -0.15) is 0 Å². The Hall–Kier alpha value is -2.75. The van der Waals surface area contributed by atoms with Gasteiger partial charge < -0.3 is 14.6 Å². The van der Waals surface area contributed by atoms with Crippen LogP contribution in [-0.2, 0) is 4.74 Å². The van der Waals surface area contributed by atoms with E-state index >= 15 is 0 Å². The van der Waals surface area contributed by atoms with E-state index in [0.29, 0.717) is 23.7 Å². The highest BCUT2D eigenvalue weighted by Gasteiger charge is 2.16. The van der Waals surface area contributed by atoms with Crippen LogP contribution in [-0.4, -0.2) is 17.7 Å². The smallest absolute Gasteiger partial charge is 0.347 e. The van der Waals surface area contributed by atoms with Gasteiger partial charge >= 0.3 is 5.97 Å². The van der Waals surface area contributed by atoms with Crippen LogP contribution in [0.15, 0.2) is 55.1 Å². The molecule has 0 saturated heterocycles. The lowest BCUT2D eigenvalue weighted by atomic mass is 10.1. The van der Waals surface area contributed by atoms with Crippen molar-refractivity contribution >= 4 is 11.7 Å². The third kappa shape index (κ3) is 3.42. The summed E-state index contributed by atoms with van der Waals surface area (Å²) in [5, 5.41) is 9.68. The second-order valence-electron chi connectivity index (χ2n) is 4.26. The topological polar surface area (TPSA) is 55.8 Å². The monoisotopic (exact) mass is 284 g/mol. The second-order valence-corrected chi connectivity index (χ2v) is 4.26. The maximum atomic E-state index is 12.1. The highest BCUT2D eigenvalue weighted by Crippen LogP contribution is 2.27. The van der Waals surface area contributed by atoms with Crippen LogP contribution in [0, 0.1) is 0 Å². The number of hydrogen-bond acceptors (Lipinski definition) is 4. The Bertz CT molecular complexity index is 661. The van der Waals surface area contributed by atoms with E-state index in [2.05, 4.69) is 6.58 Å². The first-order valence-corrected chi connectivity index (χ1v) is 6.54. The predicted molar refractivity (Wildman–Crippen MR) is 80.2 cm³/mol. The molecule has 0 fully saturated rings. The van der Waals surface area contributed by atoms with E-state index in [4.69, 9.17) is 9.47 Å². The second kappa shape index (κ2) is 6.61. The molecule has 0 bridgehead atoms. The number of phenols is 1. The van der Waals surface area contributed by atoms with E-state index in [-0.39, 0.29) is 11.3 Å². The standard InChI is InChI=1S/C17H16O4/c1-3-20-12(2)13-8-5-7-11-16(13)21-17(19)14-9-4-6-10-15(14)18/h4-11,18H,2-3H2,1H3. The highest BCUT2D eigenvalue weighted by atomic mass is 16.5. The van der Waals surface area contributed by atoms with Gasteiger partial charge in [-0.3, -0.25) is 0 Å². The molecule has 4 heteroatoms. The molecule has 0 aliphatic heterocycles. The summed E-state index contributed by atoms with van der Waals surface area (Å²) in [7, 11) is 0. The number of carbonyl (C=O) groups is 1. The molecule has 21 heavy (non-hydrogen) atoms. The number of ether oxygens (including phenoxy) is 2. The molecular weight excluding hydrogens is 268 g/mol. The van der Waals surface area contributed by atoms with Crippen molar-refractivity contribution in [3.05, 3.63) is 66.2 Å². The maximum Gasteiger partial charge on any atom is 0.347 e. The Morgan fingerprint density at radius 2 is 1.71 bits per heavy atom. The number of carbonyl (C=O) groups excluding carboxylic acids is 1. The Balaban J connectivity index is 2.26. The number of esters is 1. The molecule has 0 aliphatic rings. The molecular formula is C17H16O4. The Kier molecular flexibility index (Phi) is 4.61. The first kappa shape index (κ1) is 14.7. The van der Waals surface area contributed by atoms with Gasteiger partial charge in [-0.05, 0) is 31.2 Å². The average Bonchev–Trinajstić information content (AvgIpc) is 2.48. The Morgan fingerprint density at radius 1 is 1.10 bits per heavy atom. The fourth-order valence-corrected chi connectivity index (χ4v) is 1.84. The summed E-state index contributed by atoms with van der Waals surface area (Å²) in [5.74, 6) is 0.0100. The summed E-state index contributed by atoms with van der Waals surface area (Å²) >= 11 is 0. The van der Waals surface area contributed by atoms with Crippen LogP contribution in [0.25, 0.3) is 5.76 Å². The SMILES string of the molecule is C=C(OCC)c1ccccc1OC(=O)c1ccccc1O. The predicted octanol–water partition coefficient (Wildman–Crippen LogP) is 3.62. The van der Waals surface area contributed by atoms with Gasteiger partial charge in [0.25, 0.3) is 0 Å². The van der Waals surface area contributed by atoms with Crippen LogP contribution >= 0.6 is 0 Å². The Morgan fingerprint density at radius 3 is 2.38 bits per heavy atom. The van der Waals surface area contributed by atoms with Crippen molar-refractivity contribution in [2.45, 2.75) is 6.92 Å². The highest BCUT2D eigenvalue weighted by molar-refractivity contribution is 5.94. The first-order valence-electron chi connectivity index (χ1n) is 6.54. The third-order valence-corrected chi connectivity index (χ3v) is 2.83. The van der Waals surface area contributed by atoms with Crippen LogP contribution in [0.1, 0.15) is 22.8 Å². The van der Waals surface area contributed by atoms with Crippen molar-refractivity contribution in [2.75, 3.05) is 6.61 Å². The average molecular weight is 284 g/mol. The molecule has 0 aromatic heterocycles. The van der Waals surface area contributed by atoms with Gasteiger partial charge in [0.05, 0.1) is 12.2 Å². The number of hydrogen-bond donors (Lipinski definition) is 1. The molecule has 0 spiro atoms. The van der Waals surface area contributed by atoms with E-state index < -0.39 is 5.97 Å². The number of para-hydroxylation sites is 2. The molecule has 2 aromatic carbocycles. The number of phenolic OH excluding ortho intramolecular Hbond substituents is 1. The van der Waals surface area contributed by atoms with Crippen molar-refractivity contribution in [2.24, 2.45) is 0 Å². The Labute approximate surface area is 123 Å². The number of benzene rings is 2. The molecule has 2 aromatic rings. The van der Waals surface area contributed by atoms with E-state index in [9.17, 15) is 9.90 Å². The quantitative estimate of drug-likeness (QED) is 0.517. The molecule has 0 atom stereocenters. The van der Waals surface area contributed by atoms with Gasteiger partial charge in [-0.15, -0.1) is 0 Å². The van der Waals surface area contributed by atoms with Crippen molar-refractivity contribution in [3.8, 4) is 11.5 Å². The van der Waals surface area contributed by atoms with Crippen molar-refractivity contribution in [3.63, 3.8) is 0 Å². The molecule has 1 N–H and O–H groups in total. The van der Waals surface area contributed by atoms with Crippen molar-refractivity contribution in [1.82, 2.24) is 0 Å². The summed E-state index contributed by atoms with van der Waals surface area (Å²) in [4.78, 5) is 12.1. The lowest BCUT2D eigenvalue weighted by Gasteiger charge is -2.12. The zero-order valence-electron chi connectivity index (χ0n) is 11.7. The normalized spacial score (nSPS) is 9.95. The molecule has 2 rings (SSSR count). The van der Waals surface area contributed by atoms with Crippen LogP contribution in [0.5, 0.6) is 11.5 Å². The largest absolute Gasteiger partial charge is 0.507 e. The molecule has 0 saturated carbocycles. The van der Waals surface area contributed by atoms with Gasteiger partial charge in [0.2, 0.25) is 0 Å². The first-order chi connectivity index (χ1) is 10.1. The summed E-state index contributed by atoms with van der Waals surface area (Å²) in [6.07, 6.45) is 0. The van der Waals surface area contributed by atoms with Crippen LogP contribution < -0.4 is 4.74 Å². The van der Waals surface area contributed by atoms with E-state index in [1.54, 1.807) is 36.4 Å². The summed E-state index contributed by atoms with van der Waals surface area (Å²) in [6.45, 7) is 6.13. The molecule has 4 nitrogen and oxygen atoms in total. The van der Waals surface area contributed by atoms with Gasteiger partial charge in [-0.1, -0.05) is 30.8 Å². The molecule has 0 aliphatic carbocycles. The van der Waals surface area contributed by atoms with Gasteiger partial charge in [0.1, 0.15) is 22.8 Å². The molecule has 0 heterocycles. The summed E-state index contributed by atoms with van der Waals surface area (Å²) in [5.41, 5.74) is 0.706. The van der Waals surface area contributed by atoms with Gasteiger partial charge in [0, 0.05) is 0 Å². The lowest BCUT2D eigenvalue weighted by molar-refractivity contribution is 0.0730. The number of rotatable bonds is 5.